The summed E-state index contributed by atoms with van der Waals surface area (Å²) in [5, 5.41) is 1.37. The Labute approximate surface area is 116 Å². The zero-order valence-corrected chi connectivity index (χ0v) is 12.2. The van der Waals surface area contributed by atoms with Gasteiger partial charge in [-0.1, -0.05) is 44.4 Å². The molecule has 1 atom stereocenters. The van der Waals surface area contributed by atoms with Crippen molar-refractivity contribution < 1.29 is 0 Å². The highest BCUT2D eigenvalue weighted by Gasteiger charge is 2.09. The lowest BCUT2D eigenvalue weighted by molar-refractivity contribution is 0.592. The summed E-state index contributed by atoms with van der Waals surface area (Å²) < 4.78 is 2.41. The van der Waals surface area contributed by atoms with Gasteiger partial charge in [-0.15, -0.1) is 0 Å². The average molecular weight is 258 g/mol. The molecule has 19 heavy (non-hydrogen) atoms. The van der Waals surface area contributed by atoms with E-state index < -0.39 is 0 Å². The fourth-order valence-corrected chi connectivity index (χ4v) is 2.73. The minimum absolute atomic E-state index is 0.222. The Morgan fingerprint density at radius 2 is 1.95 bits per heavy atom. The molecule has 2 aromatic rings. The van der Waals surface area contributed by atoms with Gasteiger partial charge in [0.05, 0.1) is 0 Å². The van der Waals surface area contributed by atoms with Crippen molar-refractivity contribution in [3.05, 3.63) is 36.0 Å². The summed E-state index contributed by atoms with van der Waals surface area (Å²) in [6, 6.07) is 8.91. The van der Waals surface area contributed by atoms with Crippen LogP contribution in [-0.2, 0) is 13.0 Å². The third-order valence-electron chi connectivity index (χ3n) is 3.67. The number of fused-ring (bicyclic) bond motifs is 1. The van der Waals surface area contributed by atoms with Gasteiger partial charge in [0.25, 0.3) is 0 Å². The first-order valence-electron chi connectivity index (χ1n) is 7.54. The highest BCUT2D eigenvalue weighted by molar-refractivity contribution is 5.84. The van der Waals surface area contributed by atoms with Gasteiger partial charge in [0, 0.05) is 29.7 Å². The SMILES string of the molecule is CCCCCCn1cc(CC(C)N)c2ccccc21. The standard InChI is InChI=1S/C17H26N2/c1-3-4-5-8-11-19-13-15(12-14(2)18)16-9-6-7-10-17(16)19/h6-7,9-10,13-14H,3-5,8,11-12,18H2,1-2H3. The van der Waals surface area contributed by atoms with E-state index in [2.05, 4.69) is 48.9 Å². The molecule has 0 aliphatic carbocycles. The average Bonchev–Trinajstić information content (AvgIpc) is 2.73. The van der Waals surface area contributed by atoms with E-state index in [-0.39, 0.29) is 6.04 Å². The van der Waals surface area contributed by atoms with Crippen LogP contribution in [0.15, 0.2) is 30.5 Å². The molecule has 0 spiro atoms. The molecule has 0 aliphatic rings. The van der Waals surface area contributed by atoms with Crippen molar-refractivity contribution in [2.24, 2.45) is 5.73 Å². The summed E-state index contributed by atoms with van der Waals surface area (Å²) in [5.74, 6) is 0. The highest BCUT2D eigenvalue weighted by Crippen LogP contribution is 2.23. The van der Waals surface area contributed by atoms with Gasteiger partial charge in [0.2, 0.25) is 0 Å². The fraction of sp³-hybridized carbons (Fsp3) is 0.529. The fourth-order valence-electron chi connectivity index (χ4n) is 2.73. The van der Waals surface area contributed by atoms with Crippen LogP contribution in [0.25, 0.3) is 10.9 Å². The molecule has 0 saturated heterocycles. The molecule has 2 nitrogen and oxygen atoms in total. The molecule has 1 aromatic carbocycles. The normalized spacial score (nSPS) is 13.0. The van der Waals surface area contributed by atoms with Crippen LogP contribution in [0.5, 0.6) is 0 Å². The van der Waals surface area contributed by atoms with Crippen LogP contribution in [0.3, 0.4) is 0 Å². The minimum atomic E-state index is 0.222. The molecule has 104 valence electrons. The van der Waals surface area contributed by atoms with Crippen LogP contribution in [-0.4, -0.2) is 10.6 Å². The lowest BCUT2D eigenvalue weighted by atomic mass is 10.1. The Bertz CT molecular complexity index is 511. The Hall–Kier alpha value is -1.28. The predicted octanol–water partition coefficient (Wildman–Crippen LogP) is 4.11. The second kappa shape index (κ2) is 6.76. The topological polar surface area (TPSA) is 30.9 Å². The predicted molar refractivity (Wildman–Crippen MR) is 83.4 cm³/mol. The maximum Gasteiger partial charge on any atom is 0.0483 e. The summed E-state index contributed by atoms with van der Waals surface area (Å²) in [6.07, 6.45) is 8.49. The maximum atomic E-state index is 5.96. The molecule has 1 heterocycles. The summed E-state index contributed by atoms with van der Waals surface area (Å²) in [6.45, 7) is 5.46. The first kappa shape index (κ1) is 14.1. The quantitative estimate of drug-likeness (QED) is 0.744. The summed E-state index contributed by atoms with van der Waals surface area (Å²) in [7, 11) is 0. The number of unbranched alkanes of at least 4 members (excludes halogenated alkanes) is 3. The Kier molecular flexibility index (Phi) is 5.03. The van der Waals surface area contributed by atoms with Crippen molar-refractivity contribution in [2.45, 2.75) is 58.5 Å². The molecule has 0 saturated carbocycles. The van der Waals surface area contributed by atoms with Crippen LogP contribution in [0.2, 0.25) is 0 Å². The lowest BCUT2D eigenvalue weighted by Gasteiger charge is -2.04. The second-order valence-electron chi connectivity index (χ2n) is 5.61. The van der Waals surface area contributed by atoms with Gasteiger partial charge in [0.1, 0.15) is 0 Å². The molecular formula is C17H26N2. The molecule has 1 aromatic heterocycles. The van der Waals surface area contributed by atoms with Crippen molar-refractivity contribution in [1.82, 2.24) is 4.57 Å². The first-order chi connectivity index (χ1) is 9.22. The van der Waals surface area contributed by atoms with Crippen LogP contribution >= 0.6 is 0 Å². The smallest absolute Gasteiger partial charge is 0.0483 e. The Morgan fingerprint density at radius 3 is 2.68 bits per heavy atom. The van der Waals surface area contributed by atoms with E-state index in [1.165, 1.54) is 42.1 Å². The van der Waals surface area contributed by atoms with Gasteiger partial charge < -0.3 is 10.3 Å². The molecule has 2 rings (SSSR count). The number of rotatable bonds is 7. The highest BCUT2D eigenvalue weighted by atomic mass is 15.0. The molecule has 0 radical (unpaired) electrons. The van der Waals surface area contributed by atoms with Gasteiger partial charge in [-0.2, -0.15) is 0 Å². The number of nitrogens with zero attached hydrogens (tertiary/aromatic N) is 1. The molecule has 0 amide bonds. The summed E-state index contributed by atoms with van der Waals surface area (Å²) >= 11 is 0. The number of benzene rings is 1. The van der Waals surface area contributed by atoms with Crippen molar-refractivity contribution in [3.8, 4) is 0 Å². The molecule has 2 N–H and O–H groups in total. The van der Waals surface area contributed by atoms with Gasteiger partial charge in [-0.25, -0.2) is 0 Å². The van der Waals surface area contributed by atoms with E-state index in [4.69, 9.17) is 5.73 Å². The van der Waals surface area contributed by atoms with Crippen LogP contribution in [0.1, 0.15) is 45.1 Å². The Balaban J connectivity index is 2.18. The van der Waals surface area contributed by atoms with Crippen LogP contribution < -0.4 is 5.73 Å². The molecule has 0 fully saturated rings. The Morgan fingerprint density at radius 1 is 1.16 bits per heavy atom. The summed E-state index contributed by atoms with van der Waals surface area (Å²) in [4.78, 5) is 0. The van der Waals surface area contributed by atoms with Gasteiger partial charge in [-0.05, 0) is 31.4 Å². The molecule has 2 heteroatoms. The summed E-state index contributed by atoms with van der Waals surface area (Å²) in [5.41, 5.74) is 8.70. The number of para-hydroxylation sites is 1. The molecule has 0 aliphatic heterocycles. The van der Waals surface area contributed by atoms with Crippen molar-refractivity contribution in [2.75, 3.05) is 0 Å². The number of nitrogens with two attached hydrogens (primary N) is 1. The lowest BCUT2D eigenvalue weighted by Crippen LogP contribution is -2.17. The van der Waals surface area contributed by atoms with Gasteiger partial charge in [0.15, 0.2) is 0 Å². The van der Waals surface area contributed by atoms with Crippen molar-refractivity contribution in [3.63, 3.8) is 0 Å². The van der Waals surface area contributed by atoms with Gasteiger partial charge in [-0.3, -0.25) is 0 Å². The van der Waals surface area contributed by atoms with Crippen LogP contribution in [0, 0.1) is 0 Å². The number of aromatic nitrogens is 1. The monoisotopic (exact) mass is 258 g/mol. The molecule has 0 bridgehead atoms. The van der Waals surface area contributed by atoms with E-state index in [0.717, 1.165) is 13.0 Å². The zero-order valence-electron chi connectivity index (χ0n) is 12.2. The third kappa shape index (κ3) is 3.60. The van der Waals surface area contributed by atoms with E-state index in [9.17, 15) is 0 Å². The third-order valence-corrected chi connectivity index (χ3v) is 3.67. The first-order valence-corrected chi connectivity index (χ1v) is 7.54. The largest absolute Gasteiger partial charge is 0.347 e. The van der Waals surface area contributed by atoms with E-state index in [1.54, 1.807) is 0 Å². The number of aryl methyl sites for hydroxylation is 1. The van der Waals surface area contributed by atoms with Crippen LogP contribution in [0.4, 0.5) is 0 Å². The van der Waals surface area contributed by atoms with E-state index >= 15 is 0 Å². The van der Waals surface area contributed by atoms with Gasteiger partial charge >= 0.3 is 0 Å². The number of hydrogen-bond acceptors (Lipinski definition) is 1. The van der Waals surface area contributed by atoms with E-state index in [0.29, 0.717) is 0 Å². The molecular weight excluding hydrogens is 232 g/mol. The molecule has 1 unspecified atom stereocenters. The second-order valence-corrected chi connectivity index (χ2v) is 5.61. The maximum absolute atomic E-state index is 5.96. The van der Waals surface area contributed by atoms with Crippen molar-refractivity contribution >= 4 is 10.9 Å². The number of hydrogen-bond donors (Lipinski definition) is 1. The van der Waals surface area contributed by atoms with E-state index in [1.807, 2.05) is 0 Å². The van der Waals surface area contributed by atoms with Crippen molar-refractivity contribution in [1.29, 1.82) is 0 Å². The minimum Gasteiger partial charge on any atom is -0.347 e. The zero-order chi connectivity index (χ0) is 13.7.